The van der Waals surface area contributed by atoms with Gasteiger partial charge in [-0.3, -0.25) is 0 Å². The maximum absolute atomic E-state index is 6.11. The summed E-state index contributed by atoms with van der Waals surface area (Å²) in [5, 5.41) is 0. The van der Waals surface area contributed by atoms with Gasteiger partial charge < -0.3 is 14.5 Å². The molecule has 0 spiro atoms. The Balaban J connectivity index is 1.39. The summed E-state index contributed by atoms with van der Waals surface area (Å²) in [6.45, 7) is 10.3. The molecule has 3 rings (SSSR count). The first-order chi connectivity index (χ1) is 12.8. The second-order valence-corrected chi connectivity index (χ2v) is 7.10. The van der Waals surface area contributed by atoms with Crippen LogP contribution in [0.5, 0.6) is 5.75 Å². The molecule has 0 radical (unpaired) electrons. The summed E-state index contributed by atoms with van der Waals surface area (Å²) in [5.41, 5.74) is 2.60. The molecule has 0 bridgehead atoms. The van der Waals surface area contributed by atoms with Crippen molar-refractivity contribution in [3.63, 3.8) is 0 Å². The third-order valence-electron chi connectivity index (χ3n) is 5.25. The first-order valence-electron chi connectivity index (χ1n) is 10.0. The van der Waals surface area contributed by atoms with E-state index in [1.165, 1.54) is 56.8 Å². The Morgan fingerprint density at radius 2 is 1.50 bits per heavy atom. The lowest BCUT2D eigenvalue weighted by Crippen LogP contribution is -2.46. The summed E-state index contributed by atoms with van der Waals surface area (Å²) in [4.78, 5) is 5.12. The molecule has 0 N–H and O–H groups in total. The summed E-state index contributed by atoms with van der Waals surface area (Å²) < 4.78 is 6.11. The molecule has 0 aromatic heterocycles. The van der Waals surface area contributed by atoms with Gasteiger partial charge in [0.2, 0.25) is 0 Å². The molecule has 1 aliphatic heterocycles. The van der Waals surface area contributed by atoms with E-state index in [9.17, 15) is 0 Å². The lowest BCUT2D eigenvalue weighted by Gasteiger charge is -2.33. The molecular weight excluding hydrogens is 320 g/mol. The number of ether oxygens (including phenoxy) is 1. The fourth-order valence-electron chi connectivity index (χ4n) is 3.56. The predicted molar refractivity (Wildman–Crippen MR) is 109 cm³/mol. The molecule has 26 heavy (non-hydrogen) atoms. The van der Waals surface area contributed by atoms with Crippen molar-refractivity contribution in [2.75, 3.05) is 45.9 Å². The van der Waals surface area contributed by atoms with Gasteiger partial charge in [0.15, 0.2) is 0 Å². The first-order valence-corrected chi connectivity index (χ1v) is 10.0. The largest absolute Gasteiger partial charge is 0.493 e. The third-order valence-corrected chi connectivity index (χ3v) is 5.25. The van der Waals surface area contributed by atoms with Gasteiger partial charge in [-0.15, -0.1) is 0 Å². The van der Waals surface area contributed by atoms with E-state index >= 15 is 0 Å². The van der Waals surface area contributed by atoms with Crippen LogP contribution in [0.25, 0.3) is 0 Å². The zero-order valence-electron chi connectivity index (χ0n) is 16.1. The van der Waals surface area contributed by atoms with Crippen molar-refractivity contribution in [2.45, 2.75) is 26.2 Å². The molecular formula is C23H32N2O. The molecule has 1 fully saturated rings. The molecule has 0 aliphatic carbocycles. The molecule has 0 amide bonds. The van der Waals surface area contributed by atoms with Crippen LogP contribution in [0.15, 0.2) is 54.6 Å². The van der Waals surface area contributed by atoms with Gasteiger partial charge in [-0.05, 0) is 43.1 Å². The molecule has 140 valence electrons. The van der Waals surface area contributed by atoms with Crippen LogP contribution in [-0.2, 0) is 6.42 Å². The highest BCUT2D eigenvalue weighted by molar-refractivity contribution is 5.37. The van der Waals surface area contributed by atoms with E-state index < -0.39 is 0 Å². The summed E-state index contributed by atoms with van der Waals surface area (Å²) in [7, 11) is 0. The van der Waals surface area contributed by atoms with Crippen LogP contribution in [0.1, 0.15) is 30.9 Å². The second kappa shape index (κ2) is 10.3. The van der Waals surface area contributed by atoms with Gasteiger partial charge in [-0.25, -0.2) is 0 Å². The SMILES string of the molecule is CCN1CCN(CCCCOc2ccccc2Cc2ccccc2)CC1. The topological polar surface area (TPSA) is 15.7 Å². The highest BCUT2D eigenvalue weighted by Crippen LogP contribution is 2.21. The fraction of sp³-hybridized carbons (Fsp3) is 0.478. The smallest absolute Gasteiger partial charge is 0.122 e. The average Bonchev–Trinajstić information content (AvgIpc) is 2.70. The van der Waals surface area contributed by atoms with Gasteiger partial charge in [-0.1, -0.05) is 55.5 Å². The monoisotopic (exact) mass is 352 g/mol. The molecule has 1 heterocycles. The van der Waals surface area contributed by atoms with Gasteiger partial charge in [-0.2, -0.15) is 0 Å². The van der Waals surface area contributed by atoms with E-state index in [4.69, 9.17) is 4.74 Å². The summed E-state index contributed by atoms with van der Waals surface area (Å²) in [5.74, 6) is 1.04. The third kappa shape index (κ3) is 5.86. The van der Waals surface area contributed by atoms with Crippen LogP contribution in [-0.4, -0.2) is 55.7 Å². The number of unbranched alkanes of at least 4 members (excludes halogenated alkanes) is 1. The van der Waals surface area contributed by atoms with Gasteiger partial charge >= 0.3 is 0 Å². The number of likely N-dealkylation sites (N-methyl/N-ethyl adjacent to an activating group) is 1. The summed E-state index contributed by atoms with van der Waals surface area (Å²) >= 11 is 0. The zero-order chi connectivity index (χ0) is 18.0. The Labute approximate surface area is 158 Å². The Morgan fingerprint density at radius 3 is 2.27 bits per heavy atom. The number of hydrogen-bond donors (Lipinski definition) is 0. The normalized spacial score (nSPS) is 15.9. The number of piperazine rings is 1. The van der Waals surface area contributed by atoms with Crippen LogP contribution >= 0.6 is 0 Å². The molecule has 3 heteroatoms. The van der Waals surface area contributed by atoms with Crippen LogP contribution < -0.4 is 4.74 Å². The van der Waals surface area contributed by atoms with E-state index in [-0.39, 0.29) is 0 Å². The number of para-hydroxylation sites is 1. The minimum Gasteiger partial charge on any atom is -0.493 e. The van der Waals surface area contributed by atoms with E-state index in [1.807, 2.05) is 0 Å². The van der Waals surface area contributed by atoms with Crippen LogP contribution in [0, 0.1) is 0 Å². The van der Waals surface area contributed by atoms with Crippen molar-refractivity contribution < 1.29 is 4.74 Å². The Morgan fingerprint density at radius 1 is 0.808 bits per heavy atom. The van der Waals surface area contributed by atoms with Crippen molar-refractivity contribution in [1.82, 2.24) is 9.80 Å². The molecule has 0 saturated carbocycles. The van der Waals surface area contributed by atoms with E-state index in [0.717, 1.165) is 25.2 Å². The minimum absolute atomic E-state index is 0.806. The molecule has 1 saturated heterocycles. The summed E-state index contributed by atoms with van der Waals surface area (Å²) in [6, 6.07) is 19.0. The molecule has 2 aromatic rings. The fourth-order valence-corrected chi connectivity index (χ4v) is 3.56. The van der Waals surface area contributed by atoms with Crippen LogP contribution in [0.4, 0.5) is 0 Å². The second-order valence-electron chi connectivity index (χ2n) is 7.10. The van der Waals surface area contributed by atoms with Gasteiger partial charge in [0.05, 0.1) is 6.61 Å². The molecule has 2 aromatic carbocycles. The number of rotatable bonds is 9. The highest BCUT2D eigenvalue weighted by Gasteiger charge is 2.14. The van der Waals surface area contributed by atoms with Crippen molar-refractivity contribution >= 4 is 0 Å². The maximum atomic E-state index is 6.11. The number of nitrogens with zero attached hydrogens (tertiary/aromatic N) is 2. The summed E-state index contributed by atoms with van der Waals surface area (Å²) in [6.07, 6.45) is 3.26. The van der Waals surface area contributed by atoms with Gasteiger partial charge in [0.1, 0.15) is 5.75 Å². The molecule has 0 atom stereocenters. The Hall–Kier alpha value is -1.84. The molecule has 3 nitrogen and oxygen atoms in total. The Kier molecular flexibility index (Phi) is 7.53. The van der Waals surface area contributed by atoms with Crippen LogP contribution in [0.3, 0.4) is 0 Å². The average molecular weight is 353 g/mol. The van der Waals surface area contributed by atoms with Crippen LogP contribution in [0.2, 0.25) is 0 Å². The maximum Gasteiger partial charge on any atom is 0.122 e. The van der Waals surface area contributed by atoms with E-state index in [0.29, 0.717) is 0 Å². The molecule has 1 aliphatic rings. The predicted octanol–water partition coefficient (Wildman–Crippen LogP) is 4.07. The number of hydrogen-bond acceptors (Lipinski definition) is 3. The van der Waals surface area contributed by atoms with Crippen molar-refractivity contribution in [3.05, 3.63) is 65.7 Å². The van der Waals surface area contributed by atoms with Crippen molar-refractivity contribution in [2.24, 2.45) is 0 Å². The lowest BCUT2D eigenvalue weighted by molar-refractivity contribution is 0.134. The van der Waals surface area contributed by atoms with E-state index in [2.05, 4.69) is 71.3 Å². The lowest BCUT2D eigenvalue weighted by atomic mass is 10.0. The minimum atomic E-state index is 0.806. The quantitative estimate of drug-likeness (QED) is 0.633. The molecule has 0 unspecified atom stereocenters. The first kappa shape index (κ1) is 18.9. The highest BCUT2D eigenvalue weighted by atomic mass is 16.5. The standard InChI is InChI=1S/C23H32N2O/c1-2-24-15-17-25(18-16-24)14-8-9-19-26-23-13-7-6-12-22(23)20-21-10-4-3-5-11-21/h3-7,10-13H,2,8-9,14-20H2,1H3. The van der Waals surface area contributed by atoms with E-state index in [1.54, 1.807) is 0 Å². The van der Waals surface area contributed by atoms with Crippen molar-refractivity contribution in [3.8, 4) is 5.75 Å². The Bertz CT molecular complexity index is 636. The number of benzene rings is 2. The van der Waals surface area contributed by atoms with Crippen molar-refractivity contribution in [1.29, 1.82) is 0 Å². The van der Waals surface area contributed by atoms with Gasteiger partial charge in [0, 0.05) is 32.6 Å². The zero-order valence-corrected chi connectivity index (χ0v) is 16.1. The van der Waals surface area contributed by atoms with Gasteiger partial charge in [0.25, 0.3) is 0 Å².